The Morgan fingerprint density at radius 1 is 1.32 bits per heavy atom. The molecule has 3 nitrogen and oxygen atoms in total. The molecule has 0 aliphatic heterocycles. The standard InChI is InChI=1S/C15H14FN3/c1-10-6-11(2)19-15(14(10)8-17)18-9-12-4-3-5-13(16)7-12/h3-7H,9H2,1-2H3,(H,18,19). The monoisotopic (exact) mass is 255 g/mol. The first kappa shape index (κ1) is 13.0. The molecule has 0 radical (unpaired) electrons. The summed E-state index contributed by atoms with van der Waals surface area (Å²) < 4.78 is 13.1. The number of aryl methyl sites for hydroxylation is 2. The van der Waals surface area contributed by atoms with Crippen LogP contribution in [0, 0.1) is 31.0 Å². The number of pyridine rings is 1. The molecule has 19 heavy (non-hydrogen) atoms. The molecule has 1 aromatic carbocycles. The molecule has 2 aromatic rings. The third-order valence-electron chi connectivity index (χ3n) is 2.81. The van der Waals surface area contributed by atoms with Crippen molar-refractivity contribution < 1.29 is 4.39 Å². The number of nitriles is 1. The van der Waals surface area contributed by atoms with Crippen LogP contribution in [0.15, 0.2) is 30.3 Å². The normalized spacial score (nSPS) is 10.0. The molecule has 0 saturated carbocycles. The number of aromatic nitrogens is 1. The van der Waals surface area contributed by atoms with Gasteiger partial charge < -0.3 is 5.32 Å². The lowest BCUT2D eigenvalue weighted by Gasteiger charge is -2.10. The fourth-order valence-electron chi connectivity index (χ4n) is 1.94. The Balaban J connectivity index is 2.22. The van der Waals surface area contributed by atoms with Crippen LogP contribution >= 0.6 is 0 Å². The average molecular weight is 255 g/mol. The third-order valence-corrected chi connectivity index (χ3v) is 2.81. The van der Waals surface area contributed by atoms with Crippen LogP contribution in [0.2, 0.25) is 0 Å². The number of nitrogens with one attached hydrogen (secondary N) is 1. The number of anilines is 1. The van der Waals surface area contributed by atoms with Crippen molar-refractivity contribution in [3.63, 3.8) is 0 Å². The van der Waals surface area contributed by atoms with Crippen molar-refractivity contribution in [3.05, 3.63) is 58.5 Å². The van der Waals surface area contributed by atoms with Crippen LogP contribution in [0.25, 0.3) is 0 Å². The van der Waals surface area contributed by atoms with E-state index < -0.39 is 0 Å². The van der Waals surface area contributed by atoms with E-state index in [2.05, 4.69) is 16.4 Å². The molecule has 0 saturated heterocycles. The van der Waals surface area contributed by atoms with Crippen LogP contribution < -0.4 is 5.32 Å². The van der Waals surface area contributed by atoms with Gasteiger partial charge in [-0.15, -0.1) is 0 Å². The van der Waals surface area contributed by atoms with Gasteiger partial charge in [-0.25, -0.2) is 9.37 Å². The highest BCUT2D eigenvalue weighted by Gasteiger charge is 2.08. The van der Waals surface area contributed by atoms with Crippen LogP contribution in [0.3, 0.4) is 0 Å². The molecule has 4 heteroatoms. The van der Waals surface area contributed by atoms with Gasteiger partial charge in [0.15, 0.2) is 0 Å². The van der Waals surface area contributed by atoms with Gasteiger partial charge in [0.25, 0.3) is 0 Å². The molecule has 1 heterocycles. The van der Waals surface area contributed by atoms with Gasteiger partial charge in [0.1, 0.15) is 17.7 Å². The smallest absolute Gasteiger partial charge is 0.144 e. The van der Waals surface area contributed by atoms with Crippen LogP contribution in [0.1, 0.15) is 22.4 Å². The number of hydrogen-bond donors (Lipinski definition) is 1. The molecule has 0 atom stereocenters. The summed E-state index contributed by atoms with van der Waals surface area (Å²) in [6, 6.07) is 10.4. The summed E-state index contributed by atoms with van der Waals surface area (Å²) in [5, 5.41) is 12.2. The molecule has 0 aliphatic carbocycles. The first-order valence-electron chi connectivity index (χ1n) is 5.97. The zero-order valence-electron chi connectivity index (χ0n) is 10.9. The molecular formula is C15H14FN3. The summed E-state index contributed by atoms with van der Waals surface area (Å²) in [6.45, 7) is 4.18. The van der Waals surface area contributed by atoms with E-state index in [4.69, 9.17) is 5.26 Å². The Bertz CT molecular complexity index is 644. The molecule has 0 spiro atoms. The Kier molecular flexibility index (Phi) is 3.76. The molecule has 0 aliphatic rings. The van der Waals surface area contributed by atoms with Crippen molar-refractivity contribution in [3.8, 4) is 6.07 Å². The molecule has 96 valence electrons. The fraction of sp³-hybridized carbons (Fsp3) is 0.200. The second kappa shape index (κ2) is 5.49. The van der Waals surface area contributed by atoms with E-state index in [-0.39, 0.29) is 5.82 Å². The van der Waals surface area contributed by atoms with Gasteiger partial charge in [0.2, 0.25) is 0 Å². The summed E-state index contributed by atoms with van der Waals surface area (Å²) in [4.78, 5) is 4.31. The van der Waals surface area contributed by atoms with Crippen LogP contribution in [0.4, 0.5) is 10.2 Å². The highest BCUT2D eigenvalue weighted by Crippen LogP contribution is 2.18. The lowest BCUT2D eigenvalue weighted by atomic mass is 10.1. The molecule has 0 unspecified atom stereocenters. The summed E-state index contributed by atoms with van der Waals surface area (Å²) in [7, 11) is 0. The zero-order valence-corrected chi connectivity index (χ0v) is 10.9. The maximum Gasteiger partial charge on any atom is 0.144 e. The topological polar surface area (TPSA) is 48.7 Å². The number of hydrogen-bond acceptors (Lipinski definition) is 3. The minimum absolute atomic E-state index is 0.270. The van der Waals surface area contributed by atoms with Gasteiger partial charge in [-0.05, 0) is 43.2 Å². The Hall–Kier alpha value is -2.41. The molecule has 0 bridgehead atoms. The maximum atomic E-state index is 13.1. The van der Waals surface area contributed by atoms with E-state index in [1.165, 1.54) is 12.1 Å². The largest absolute Gasteiger partial charge is 0.365 e. The van der Waals surface area contributed by atoms with E-state index in [9.17, 15) is 4.39 Å². The van der Waals surface area contributed by atoms with Gasteiger partial charge >= 0.3 is 0 Å². The maximum absolute atomic E-state index is 13.1. The van der Waals surface area contributed by atoms with E-state index >= 15 is 0 Å². The highest BCUT2D eigenvalue weighted by atomic mass is 19.1. The van der Waals surface area contributed by atoms with Crippen molar-refractivity contribution in [2.24, 2.45) is 0 Å². The van der Waals surface area contributed by atoms with Crippen LogP contribution in [-0.2, 0) is 6.54 Å². The van der Waals surface area contributed by atoms with Crippen molar-refractivity contribution in [2.75, 3.05) is 5.32 Å². The molecule has 0 amide bonds. The number of benzene rings is 1. The quantitative estimate of drug-likeness (QED) is 0.915. The SMILES string of the molecule is Cc1cc(C)c(C#N)c(NCc2cccc(F)c2)n1. The van der Waals surface area contributed by atoms with Crippen LogP contribution in [-0.4, -0.2) is 4.98 Å². The Morgan fingerprint density at radius 3 is 2.79 bits per heavy atom. The number of rotatable bonds is 3. The molecule has 1 aromatic heterocycles. The van der Waals surface area contributed by atoms with Gasteiger partial charge in [-0.2, -0.15) is 5.26 Å². The fourth-order valence-corrected chi connectivity index (χ4v) is 1.94. The Morgan fingerprint density at radius 2 is 2.11 bits per heavy atom. The van der Waals surface area contributed by atoms with Crippen molar-refractivity contribution in [1.82, 2.24) is 4.98 Å². The van der Waals surface area contributed by atoms with E-state index in [0.29, 0.717) is 17.9 Å². The third kappa shape index (κ3) is 3.08. The summed E-state index contributed by atoms with van der Waals surface area (Å²) in [6.07, 6.45) is 0. The second-order valence-corrected chi connectivity index (χ2v) is 4.40. The van der Waals surface area contributed by atoms with Gasteiger partial charge in [-0.3, -0.25) is 0 Å². The first-order chi connectivity index (χ1) is 9.10. The van der Waals surface area contributed by atoms with Gasteiger partial charge in [-0.1, -0.05) is 12.1 Å². The zero-order chi connectivity index (χ0) is 13.8. The van der Waals surface area contributed by atoms with E-state index in [1.54, 1.807) is 6.07 Å². The van der Waals surface area contributed by atoms with E-state index in [0.717, 1.165) is 16.8 Å². The van der Waals surface area contributed by atoms with Crippen molar-refractivity contribution >= 4 is 5.82 Å². The number of halogens is 1. The predicted molar refractivity (Wildman–Crippen MR) is 72.2 cm³/mol. The van der Waals surface area contributed by atoms with E-state index in [1.807, 2.05) is 26.0 Å². The molecular weight excluding hydrogens is 241 g/mol. The summed E-state index contributed by atoms with van der Waals surface area (Å²) in [5.41, 5.74) is 3.07. The summed E-state index contributed by atoms with van der Waals surface area (Å²) >= 11 is 0. The van der Waals surface area contributed by atoms with Crippen molar-refractivity contribution in [1.29, 1.82) is 5.26 Å². The molecule has 1 N–H and O–H groups in total. The lowest BCUT2D eigenvalue weighted by molar-refractivity contribution is 0.626. The first-order valence-corrected chi connectivity index (χ1v) is 5.97. The Labute approximate surface area is 111 Å². The summed E-state index contributed by atoms with van der Waals surface area (Å²) in [5.74, 6) is 0.275. The minimum Gasteiger partial charge on any atom is -0.365 e. The number of nitrogens with zero attached hydrogens (tertiary/aromatic N) is 2. The van der Waals surface area contributed by atoms with Crippen LogP contribution in [0.5, 0.6) is 0 Å². The second-order valence-electron chi connectivity index (χ2n) is 4.40. The molecule has 2 rings (SSSR count). The lowest BCUT2D eigenvalue weighted by Crippen LogP contribution is -2.05. The highest BCUT2D eigenvalue weighted by molar-refractivity contribution is 5.56. The molecule has 0 fully saturated rings. The van der Waals surface area contributed by atoms with Gasteiger partial charge in [0.05, 0.1) is 5.56 Å². The van der Waals surface area contributed by atoms with Crippen molar-refractivity contribution in [2.45, 2.75) is 20.4 Å². The average Bonchev–Trinajstić information content (AvgIpc) is 2.36. The van der Waals surface area contributed by atoms with Gasteiger partial charge in [0, 0.05) is 12.2 Å². The minimum atomic E-state index is -0.270. The predicted octanol–water partition coefficient (Wildman–Crippen LogP) is 3.32.